The third-order valence-corrected chi connectivity index (χ3v) is 3.30. The van der Waals surface area contributed by atoms with Gasteiger partial charge in [0.05, 0.1) is 0 Å². The van der Waals surface area contributed by atoms with E-state index in [4.69, 9.17) is 0 Å². The van der Waals surface area contributed by atoms with Crippen molar-refractivity contribution in [3.63, 3.8) is 0 Å². The van der Waals surface area contributed by atoms with Crippen molar-refractivity contribution in [1.82, 2.24) is 0 Å². The van der Waals surface area contributed by atoms with Crippen LogP contribution in [0.1, 0.15) is 31.9 Å². The average molecular weight is 325 g/mol. The van der Waals surface area contributed by atoms with Crippen LogP contribution >= 0.6 is 0 Å². The van der Waals surface area contributed by atoms with Gasteiger partial charge in [0.15, 0.2) is 23.3 Å². The summed E-state index contributed by atoms with van der Waals surface area (Å²) in [6.45, 7) is 5.66. The topological polar surface area (TPSA) is 32.6 Å². The van der Waals surface area contributed by atoms with Gasteiger partial charge in [-0.3, -0.25) is 0 Å². The molecule has 0 amide bonds. The van der Waals surface area contributed by atoms with Gasteiger partial charge in [-0.05, 0) is 17.0 Å². The van der Waals surface area contributed by atoms with Gasteiger partial charge >= 0.3 is 0 Å². The standard InChI is InChI=1S/C17H15F4NO/c1-17(2,3)10-6-4-5-9(16(10)23)8-22-15-12(19)7-11(18)13(20)14(15)21/h4-8,23H,1-3H3. The van der Waals surface area contributed by atoms with Crippen molar-refractivity contribution in [2.45, 2.75) is 26.2 Å². The Morgan fingerprint density at radius 1 is 1.00 bits per heavy atom. The number of benzene rings is 2. The van der Waals surface area contributed by atoms with Crippen molar-refractivity contribution in [2.75, 3.05) is 0 Å². The molecule has 0 aliphatic heterocycles. The number of phenols is 1. The molecule has 0 spiro atoms. The quantitative estimate of drug-likeness (QED) is 0.358. The van der Waals surface area contributed by atoms with Crippen LogP contribution in [-0.4, -0.2) is 11.3 Å². The number of aliphatic imine (C=N–C) groups is 1. The predicted molar refractivity (Wildman–Crippen MR) is 80.3 cm³/mol. The van der Waals surface area contributed by atoms with Gasteiger partial charge in [-0.2, -0.15) is 0 Å². The maximum absolute atomic E-state index is 13.6. The Morgan fingerprint density at radius 3 is 2.26 bits per heavy atom. The van der Waals surface area contributed by atoms with Crippen molar-refractivity contribution in [3.05, 3.63) is 58.7 Å². The summed E-state index contributed by atoms with van der Waals surface area (Å²) in [5, 5.41) is 10.2. The average Bonchev–Trinajstić information content (AvgIpc) is 2.45. The van der Waals surface area contributed by atoms with E-state index < -0.39 is 29.0 Å². The number of para-hydroxylation sites is 1. The number of phenolic OH excluding ortho intramolecular Hbond substituents is 1. The fourth-order valence-corrected chi connectivity index (χ4v) is 2.08. The van der Waals surface area contributed by atoms with Crippen molar-refractivity contribution < 1.29 is 22.7 Å². The van der Waals surface area contributed by atoms with Crippen LogP contribution in [0, 0.1) is 23.3 Å². The van der Waals surface area contributed by atoms with Crippen LogP contribution in [0.3, 0.4) is 0 Å². The zero-order chi connectivity index (χ0) is 17.4. The lowest BCUT2D eigenvalue weighted by Crippen LogP contribution is -2.11. The Balaban J connectivity index is 2.49. The second-order valence-electron chi connectivity index (χ2n) is 6.07. The lowest BCUT2D eigenvalue weighted by Gasteiger charge is -2.21. The van der Waals surface area contributed by atoms with Crippen LogP contribution in [0.5, 0.6) is 5.75 Å². The molecular weight excluding hydrogens is 310 g/mol. The third kappa shape index (κ3) is 3.36. The molecule has 0 atom stereocenters. The van der Waals surface area contributed by atoms with E-state index in [0.717, 1.165) is 6.21 Å². The molecule has 1 N–H and O–H groups in total. The monoisotopic (exact) mass is 325 g/mol. The Bertz CT molecular complexity index is 779. The molecule has 0 saturated carbocycles. The van der Waals surface area contributed by atoms with E-state index in [2.05, 4.69) is 4.99 Å². The molecule has 6 heteroatoms. The van der Waals surface area contributed by atoms with Crippen LogP contribution in [0.4, 0.5) is 23.2 Å². The van der Waals surface area contributed by atoms with E-state index in [1.807, 2.05) is 20.8 Å². The summed E-state index contributed by atoms with van der Waals surface area (Å²) in [6.07, 6.45) is 1.00. The molecule has 2 rings (SSSR count). The van der Waals surface area contributed by atoms with E-state index in [1.165, 1.54) is 6.07 Å². The number of nitrogens with zero attached hydrogens (tertiary/aromatic N) is 1. The van der Waals surface area contributed by atoms with E-state index >= 15 is 0 Å². The molecule has 0 unspecified atom stereocenters. The highest BCUT2D eigenvalue weighted by atomic mass is 19.2. The molecule has 0 aliphatic carbocycles. The van der Waals surface area contributed by atoms with Crippen LogP contribution in [0.15, 0.2) is 29.3 Å². The molecule has 2 aromatic carbocycles. The zero-order valence-corrected chi connectivity index (χ0v) is 12.8. The smallest absolute Gasteiger partial charge is 0.196 e. The van der Waals surface area contributed by atoms with Crippen LogP contribution in [0.2, 0.25) is 0 Å². The molecule has 2 nitrogen and oxygen atoms in total. The first-order chi connectivity index (χ1) is 10.6. The third-order valence-electron chi connectivity index (χ3n) is 3.30. The van der Waals surface area contributed by atoms with Crippen molar-refractivity contribution >= 4 is 11.9 Å². The molecular formula is C17H15F4NO. The highest BCUT2D eigenvalue weighted by Gasteiger charge is 2.20. The van der Waals surface area contributed by atoms with E-state index in [1.54, 1.807) is 12.1 Å². The maximum atomic E-state index is 13.6. The summed E-state index contributed by atoms with van der Waals surface area (Å²) in [7, 11) is 0. The molecule has 0 aliphatic rings. The normalized spacial score (nSPS) is 12.1. The summed E-state index contributed by atoms with van der Waals surface area (Å²) in [5.41, 5.74) is -0.482. The molecule has 0 saturated heterocycles. The minimum absolute atomic E-state index is 0.0906. The van der Waals surface area contributed by atoms with Gasteiger partial charge in [-0.1, -0.05) is 32.9 Å². The van der Waals surface area contributed by atoms with Gasteiger partial charge < -0.3 is 5.11 Å². The fourth-order valence-electron chi connectivity index (χ4n) is 2.08. The van der Waals surface area contributed by atoms with Gasteiger partial charge in [-0.15, -0.1) is 0 Å². The minimum atomic E-state index is -1.80. The highest BCUT2D eigenvalue weighted by Crippen LogP contribution is 2.33. The van der Waals surface area contributed by atoms with Crippen LogP contribution in [-0.2, 0) is 5.41 Å². The first kappa shape index (κ1) is 17.0. The van der Waals surface area contributed by atoms with Crippen LogP contribution < -0.4 is 0 Å². The number of halogens is 4. The number of aromatic hydroxyl groups is 1. The lowest BCUT2D eigenvalue weighted by atomic mass is 9.85. The Labute approximate surface area is 131 Å². The number of hydrogen-bond donors (Lipinski definition) is 1. The predicted octanol–water partition coefficient (Wildman–Crippen LogP) is 5.00. The van der Waals surface area contributed by atoms with E-state index in [0.29, 0.717) is 5.56 Å². The summed E-state index contributed by atoms with van der Waals surface area (Å²) in [5.74, 6) is -6.57. The summed E-state index contributed by atoms with van der Waals surface area (Å²) >= 11 is 0. The largest absolute Gasteiger partial charge is 0.507 e. The second-order valence-corrected chi connectivity index (χ2v) is 6.07. The molecule has 0 aromatic heterocycles. The Hall–Kier alpha value is -2.37. The van der Waals surface area contributed by atoms with Gasteiger partial charge in [-0.25, -0.2) is 22.6 Å². The maximum Gasteiger partial charge on any atom is 0.196 e. The van der Waals surface area contributed by atoms with E-state index in [9.17, 15) is 22.7 Å². The fraction of sp³-hybridized carbons (Fsp3) is 0.235. The highest BCUT2D eigenvalue weighted by molar-refractivity contribution is 5.86. The zero-order valence-electron chi connectivity index (χ0n) is 12.8. The van der Waals surface area contributed by atoms with Crippen LogP contribution in [0.25, 0.3) is 0 Å². The van der Waals surface area contributed by atoms with Gasteiger partial charge in [0.1, 0.15) is 11.4 Å². The van der Waals surface area contributed by atoms with Crippen molar-refractivity contribution in [2.24, 2.45) is 4.99 Å². The first-order valence-electron chi connectivity index (χ1n) is 6.82. The molecule has 0 radical (unpaired) electrons. The lowest BCUT2D eigenvalue weighted by molar-refractivity contribution is 0.436. The van der Waals surface area contributed by atoms with Gasteiger partial charge in [0, 0.05) is 17.8 Å². The van der Waals surface area contributed by atoms with Gasteiger partial charge in [0.25, 0.3) is 0 Å². The second kappa shape index (κ2) is 6.02. The number of hydrogen-bond acceptors (Lipinski definition) is 2. The summed E-state index contributed by atoms with van der Waals surface area (Å²) in [4.78, 5) is 3.52. The summed E-state index contributed by atoms with van der Waals surface area (Å²) < 4.78 is 53.1. The van der Waals surface area contributed by atoms with E-state index in [-0.39, 0.29) is 22.8 Å². The molecule has 0 fully saturated rings. The van der Waals surface area contributed by atoms with Gasteiger partial charge in [0.2, 0.25) is 0 Å². The summed E-state index contributed by atoms with van der Waals surface area (Å²) in [6, 6.07) is 5.07. The Kier molecular flexibility index (Phi) is 4.45. The molecule has 122 valence electrons. The molecule has 23 heavy (non-hydrogen) atoms. The first-order valence-corrected chi connectivity index (χ1v) is 6.82. The SMILES string of the molecule is CC(C)(C)c1cccc(C=Nc2c(F)cc(F)c(F)c2F)c1O. The van der Waals surface area contributed by atoms with Crippen molar-refractivity contribution in [1.29, 1.82) is 0 Å². The molecule has 2 aromatic rings. The van der Waals surface area contributed by atoms with Crippen molar-refractivity contribution in [3.8, 4) is 5.75 Å². The molecule has 0 heterocycles. The number of rotatable bonds is 2. The minimum Gasteiger partial charge on any atom is -0.507 e. The Morgan fingerprint density at radius 2 is 1.65 bits per heavy atom. The molecule has 0 bridgehead atoms.